The summed E-state index contributed by atoms with van der Waals surface area (Å²) in [4.78, 5) is 39.3. The molecule has 3 fully saturated rings. The van der Waals surface area contributed by atoms with E-state index in [1.165, 1.54) is 0 Å². The van der Waals surface area contributed by atoms with Crippen molar-refractivity contribution in [1.82, 2.24) is 15.5 Å². The van der Waals surface area contributed by atoms with Crippen LogP contribution < -0.4 is 10.6 Å². The first-order valence-corrected chi connectivity index (χ1v) is 10.5. The van der Waals surface area contributed by atoms with Gasteiger partial charge in [-0.25, -0.2) is 4.79 Å². The van der Waals surface area contributed by atoms with Crippen molar-refractivity contribution < 1.29 is 14.4 Å². The van der Waals surface area contributed by atoms with E-state index in [4.69, 9.17) is 0 Å². The number of rotatable bonds is 5. The highest BCUT2D eigenvalue weighted by Crippen LogP contribution is 2.41. The molecule has 1 spiro atoms. The monoisotopic (exact) mass is 383 g/mol. The van der Waals surface area contributed by atoms with Crippen LogP contribution in [0.2, 0.25) is 0 Å². The maximum absolute atomic E-state index is 13.0. The molecule has 4 amide bonds. The number of hydrogen-bond acceptors (Lipinski definition) is 3. The van der Waals surface area contributed by atoms with E-state index in [1.54, 1.807) is 0 Å². The Morgan fingerprint density at radius 3 is 2.39 bits per heavy atom. The van der Waals surface area contributed by atoms with Crippen molar-refractivity contribution in [3.63, 3.8) is 0 Å². The van der Waals surface area contributed by atoms with Crippen LogP contribution in [0.25, 0.3) is 0 Å². The van der Waals surface area contributed by atoms with Crippen LogP contribution in [0.15, 0.2) is 30.3 Å². The first kappa shape index (κ1) is 19.0. The molecular weight excluding hydrogens is 354 g/mol. The van der Waals surface area contributed by atoms with Crippen LogP contribution in [0, 0.1) is 5.92 Å². The summed E-state index contributed by atoms with van der Waals surface area (Å²) in [5.41, 5.74) is -0.0772. The van der Waals surface area contributed by atoms with Gasteiger partial charge in [0.15, 0.2) is 0 Å². The lowest BCUT2D eigenvalue weighted by Gasteiger charge is -2.43. The summed E-state index contributed by atoms with van der Waals surface area (Å²) in [6.45, 7) is 1.95. The molecule has 6 nitrogen and oxygen atoms in total. The molecule has 1 heterocycles. The zero-order chi connectivity index (χ0) is 19.8. The van der Waals surface area contributed by atoms with Crippen molar-refractivity contribution in [3.05, 3.63) is 35.9 Å². The highest BCUT2D eigenvalue weighted by Gasteiger charge is 2.53. The molecule has 0 atom stereocenters. The molecule has 0 bridgehead atoms. The number of imide groups is 1. The summed E-state index contributed by atoms with van der Waals surface area (Å²) < 4.78 is 0. The predicted molar refractivity (Wildman–Crippen MR) is 105 cm³/mol. The summed E-state index contributed by atoms with van der Waals surface area (Å²) in [6.07, 6.45) is 7.14. The quantitative estimate of drug-likeness (QED) is 0.767. The lowest BCUT2D eigenvalue weighted by atomic mass is 9.72. The second-order valence-electron chi connectivity index (χ2n) is 8.61. The number of amides is 4. The number of carbonyl (C=O) groups is 3. The predicted octanol–water partition coefficient (Wildman–Crippen LogP) is 3.07. The molecule has 28 heavy (non-hydrogen) atoms. The smallest absolute Gasteiger partial charge is 0.325 e. The van der Waals surface area contributed by atoms with Gasteiger partial charge in [0.1, 0.15) is 12.1 Å². The largest absolute Gasteiger partial charge is 0.345 e. The topological polar surface area (TPSA) is 78.5 Å². The Balaban J connectivity index is 1.42. The Kier molecular flexibility index (Phi) is 4.89. The molecule has 6 heteroatoms. The van der Waals surface area contributed by atoms with E-state index in [0.717, 1.165) is 49.0 Å². The Bertz CT molecular complexity index is 764. The zero-order valence-corrected chi connectivity index (χ0v) is 16.5. The summed E-state index contributed by atoms with van der Waals surface area (Å²) >= 11 is 0. The minimum absolute atomic E-state index is 0.210. The van der Waals surface area contributed by atoms with Crippen LogP contribution in [-0.4, -0.2) is 34.8 Å². The van der Waals surface area contributed by atoms with Crippen LogP contribution in [0.4, 0.5) is 4.79 Å². The number of carbonyl (C=O) groups excluding carboxylic acids is 3. The van der Waals surface area contributed by atoms with Crippen molar-refractivity contribution >= 4 is 17.8 Å². The standard InChI is InChI=1S/C22H29N3O3/c1-2-16-9-13-22(14-10-16)19(27)25(20(28)24-22)15-18(26)23-21(11-6-12-21)17-7-4-3-5-8-17/h3-5,7-8,16H,2,6,9-15H2,1H3,(H,23,26)(H,24,28). The molecule has 0 aromatic heterocycles. The molecule has 2 saturated carbocycles. The van der Waals surface area contributed by atoms with Crippen LogP contribution in [0.5, 0.6) is 0 Å². The molecule has 0 unspecified atom stereocenters. The van der Waals surface area contributed by atoms with Crippen LogP contribution >= 0.6 is 0 Å². The van der Waals surface area contributed by atoms with E-state index in [9.17, 15) is 14.4 Å². The normalized spacial score (nSPS) is 28.8. The van der Waals surface area contributed by atoms with Crippen LogP contribution in [-0.2, 0) is 15.1 Å². The van der Waals surface area contributed by atoms with Gasteiger partial charge in [-0.15, -0.1) is 0 Å². The maximum atomic E-state index is 13.0. The molecule has 2 N–H and O–H groups in total. The van der Waals surface area contributed by atoms with E-state index in [-0.39, 0.29) is 23.9 Å². The van der Waals surface area contributed by atoms with Gasteiger partial charge in [0.05, 0.1) is 5.54 Å². The lowest BCUT2D eigenvalue weighted by Crippen LogP contribution is -2.54. The third kappa shape index (κ3) is 3.19. The van der Waals surface area contributed by atoms with Gasteiger partial charge in [-0.1, -0.05) is 43.7 Å². The fraction of sp³-hybridized carbons (Fsp3) is 0.591. The number of benzene rings is 1. The number of nitrogens with zero attached hydrogens (tertiary/aromatic N) is 1. The zero-order valence-electron chi connectivity index (χ0n) is 16.5. The van der Waals surface area contributed by atoms with Crippen LogP contribution in [0.1, 0.15) is 63.9 Å². The fourth-order valence-corrected chi connectivity index (χ4v) is 4.96. The minimum Gasteiger partial charge on any atom is -0.345 e. The summed E-state index contributed by atoms with van der Waals surface area (Å²) in [7, 11) is 0. The molecule has 3 aliphatic rings. The van der Waals surface area contributed by atoms with Crippen molar-refractivity contribution in [1.29, 1.82) is 0 Å². The highest BCUT2D eigenvalue weighted by molar-refractivity contribution is 6.09. The summed E-state index contributed by atoms with van der Waals surface area (Å²) in [6, 6.07) is 9.50. The average Bonchev–Trinajstić information content (AvgIpc) is 2.90. The molecular formula is C22H29N3O3. The first-order valence-electron chi connectivity index (χ1n) is 10.5. The fourth-order valence-electron chi connectivity index (χ4n) is 4.96. The average molecular weight is 383 g/mol. The van der Waals surface area contributed by atoms with Crippen molar-refractivity contribution in [3.8, 4) is 0 Å². The SMILES string of the molecule is CCC1CCC2(CC1)NC(=O)N(CC(=O)NC1(c3ccccc3)CCC1)C2=O. The number of urea groups is 1. The van der Waals surface area contributed by atoms with Gasteiger partial charge in [0.25, 0.3) is 5.91 Å². The van der Waals surface area contributed by atoms with Gasteiger partial charge in [0, 0.05) is 0 Å². The third-order valence-corrected chi connectivity index (χ3v) is 7.00. The Labute approximate surface area is 166 Å². The van der Waals surface area contributed by atoms with Crippen molar-refractivity contribution in [2.24, 2.45) is 5.92 Å². The van der Waals surface area contributed by atoms with E-state index in [1.807, 2.05) is 30.3 Å². The maximum Gasteiger partial charge on any atom is 0.325 e. The van der Waals surface area contributed by atoms with E-state index < -0.39 is 11.6 Å². The van der Waals surface area contributed by atoms with Crippen molar-refractivity contribution in [2.45, 2.75) is 69.4 Å². The first-order chi connectivity index (χ1) is 13.5. The van der Waals surface area contributed by atoms with Gasteiger partial charge in [0.2, 0.25) is 5.91 Å². The highest BCUT2D eigenvalue weighted by atomic mass is 16.2. The second-order valence-corrected chi connectivity index (χ2v) is 8.61. The second kappa shape index (κ2) is 7.22. The Hall–Kier alpha value is -2.37. The summed E-state index contributed by atoms with van der Waals surface area (Å²) in [5.74, 6) is 0.118. The molecule has 150 valence electrons. The van der Waals surface area contributed by atoms with Crippen LogP contribution in [0.3, 0.4) is 0 Å². The molecule has 1 aromatic rings. The third-order valence-electron chi connectivity index (χ3n) is 7.00. The molecule has 2 aliphatic carbocycles. The van der Waals surface area contributed by atoms with Gasteiger partial charge in [-0.2, -0.15) is 0 Å². The van der Waals surface area contributed by atoms with Gasteiger partial charge in [-0.05, 0) is 56.4 Å². The van der Waals surface area contributed by atoms with E-state index >= 15 is 0 Å². The Morgan fingerprint density at radius 1 is 1.14 bits per heavy atom. The van der Waals surface area contributed by atoms with Gasteiger partial charge >= 0.3 is 6.03 Å². The molecule has 1 aromatic carbocycles. The molecule has 1 saturated heterocycles. The Morgan fingerprint density at radius 2 is 1.82 bits per heavy atom. The van der Waals surface area contributed by atoms with E-state index in [0.29, 0.717) is 18.8 Å². The number of nitrogens with one attached hydrogen (secondary N) is 2. The number of hydrogen-bond donors (Lipinski definition) is 2. The van der Waals surface area contributed by atoms with Crippen molar-refractivity contribution in [2.75, 3.05) is 6.54 Å². The summed E-state index contributed by atoms with van der Waals surface area (Å²) in [5, 5.41) is 6.01. The van der Waals surface area contributed by atoms with Gasteiger partial charge in [-0.3, -0.25) is 14.5 Å². The molecule has 4 rings (SSSR count). The van der Waals surface area contributed by atoms with E-state index in [2.05, 4.69) is 17.6 Å². The lowest BCUT2D eigenvalue weighted by molar-refractivity contribution is -0.137. The molecule has 1 aliphatic heterocycles. The minimum atomic E-state index is -0.795. The van der Waals surface area contributed by atoms with Gasteiger partial charge < -0.3 is 10.6 Å². The molecule has 0 radical (unpaired) electrons.